The maximum absolute atomic E-state index is 14.2. The Hall–Kier alpha value is -5.88. The minimum atomic E-state index is -2.87. The van der Waals surface area contributed by atoms with Crippen molar-refractivity contribution in [3.63, 3.8) is 0 Å². The van der Waals surface area contributed by atoms with E-state index >= 15 is 0 Å². The fraction of sp³-hybridized carbons (Fsp3) is 0.333. The van der Waals surface area contributed by atoms with Gasteiger partial charge in [0.25, 0.3) is 6.43 Å². The number of aliphatic hydroxyl groups excluding tert-OH is 1. The summed E-state index contributed by atoms with van der Waals surface area (Å²) in [4.78, 5) is 35.8. The summed E-state index contributed by atoms with van der Waals surface area (Å²) < 4.78 is 34.8. The summed E-state index contributed by atoms with van der Waals surface area (Å²) in [5.74, 6) is -1.02. The Balaban J connectivity index is 1.04. The number of pyridine rings is 1. The molecular formula is C42H38F2N8O4. The number of hydrogen-bond donors (Lipinski definition) is 2. The number of oxazole rings is 1. The molecule has 3 aliphatic rings. The van der Waals surface area contributed by atoms with Gasteiger partial charge in [-0.05, 0) is 96.4 Å². The molecule has 2 fully saturated rings. The van der Waals surface area contributed by atoms with Gasteiger partial charge in [0.2, 0.25) is 5.89 Å². The van der Waals surface area contributed by atoms with E-state index < -0.39 is 24.1 Å². The Bertz CT molecular complexity index is 2570. The predicted octanol–water partition coefficient (Wildman–Crippen LogP) is 6.79. The first-order valence-electron chi connectivity index (χ1n) is 18.8. The molecule has 0 saturated carbocycles. The summed E-state index contributed by atoms with van der Waals surface area (Å²) in [6.07, 6.45) is 0.432. The van der Waals surface area contributed by atoms with E-state index in [4.69, 9.17) is 14.4 Å². The highest BCUT2D eigenvalue weighted by Crippen LogP contribution is 2.43. The quantitative estimate of drug-likeness (QED) is 0.160. The number of likely N-dealkylation sites (tertiary alicyclic amines) is 2. The minimum Gasteiger partial charge on any atom is -0.481 e. The molecule has 14 heteroatoms. The Morgan fingerprint density at radius 3 is 2.46 bits per heavy atom. The van der Waals surface area contributed by atoms with Crippen molar-refractivity contribution in [1.29, 1.82) is 5.26 Å². The SMILES string of the molecule is Cc1c(-c2nc3cc(CN4CC[C@H](C(=O)O)C4)cc(C#N)c3o2)cccc1-c1cccc2c1CCN2c1nc(C(F)F)nc2cc(CN3CC[C@@H](O)C3)cnc12. The van der Waals surface area contributed by atoms with Gasteiger partial charge in [-0.25, -0.2) is 23.7 Å². The van der Waals surface area contributed by atoms with Crippen molar-refractivity contribution in [3.8, 4) is 28.7 Å². The molecule has 3 aliphatic heterocycles. The molecule has 3 aromatic carbocycles. The van der Waals surface area contributed by atoms with Crippen LogP contribution < -0.4 is 4.90 Å². The average molecular weight is 757 g/mol. The van der Waals surface area contributed by atoms with Crippen LogP contribution in [0.15, 0.2) is 65.2 Å². The number of fused-ring (bicyclic) bond motifs is 3. The minimum absolute atomic E-state index is 0.334. The number of carbonyl (C=O) groups is 1. The van der Waals surface area contributed by atoms with Crippen LogP contribution in [0.3, 0.4) is 0 Å². The molecular weight excluding hydrogens is 719 g/mol. The molecule has 0 unspecified atom stereocenters. The second kappa shape index (κ2) is 14.3. The highest BCUT2D eigenvalue weighted by molar-refractivity contribution is 5.92. The van der Waals surface area contributed by atoms with Crippen LogP contribution in [0.5, 0.6) is 0 Å². The van der Waals surface area contributed by atoms with E-state index in [0.29, 0.717) is 97.9 Å². The third kappa shape index (κ3) is 6.51. The number of β-amino-alcohol motifs (C(OH)–C–C–N with tert-alkyl or cyclic N) is 1. The van der Waals surface area contributed by atoms with E-state index in [9.17, 15) is 29.1 Å². The lowest BCUT2D eigenvalue weighted by Gasteiger charge is -2.21. The third-order valence-electron chi connectivity index (χ3n) is 11.3. The van der Waals surface area contributed by atoms with E-state index in [1.165, 1.54) is 0 Å². The monoisotopic (exact) mass is 756 g/mol. The zero-order chi connectivity index (χ0) is 38.7. The fourth-order valence-electron chi connectivity index (χ4n) is 8.53. The summed E-state index contributed by atoms with van der Waals surface area (Å²) in [6.45, 7) is 6.00. The molecule has 0 spiro atoms. The molecule has 2 saturated heterocycles. The number of hydrogen-bond acceptors (Lipinski definition) is 11. The number of carboxylic acid groups (broad SMARTS) is 1. The maximum Gasteiger partial charge on any atom is 0.307 e. The molecule has 0 bridgehead atoms. The van der Waals surface area contributed by atoms with Crippen molar-refractivity contribution in [1.82, 2.24) is 29.7 Å². The molecule has 56 heavy (non-hydrogen) atoms. The van der Waals surface area contributed by atoms with Crippen LogP contribution in [0.25, 0.3) is 44.7 Å². The summed E-state index contributed by atoms with van der Waals surface area (Å²) >= 11 is 0. The van der Waals surface area contributed by atoms with Crippen LogP contribution in [0.1, 0.15) is 52.9 Å². The summed E-state index contributed by atoms with van der Waals surface area (Å²) in [5.41, 5.74) is 9.35. The van der Waals surface area contributed by atoms with Gasteiger partial charge in [0.15, 0.2) is 17.2 Å². The first kappa shape index (κ1) is 35.8. The number of alkyl halides is 2. The van der Waals surface area contributed by atoms with E-state index in [-0.39, 0.29) is 6.10 Å². The third-order valence-corrected chi connectivity index (χ3v) is 11.3. The Labute approximate surface area is 320 Å². The smallest absolute Gasteiger partial charge is 0.307 e. The van der Waals surface area contributed by atoms with Gasteiger partial charge in [-0.15, -0.1) is 0 Å². The van der Waals surface area contributed by atoms with Gasteiger partial charge in [-0.1, -0.05) is 24.3 Å². The lowest BCUT2D eigenvalue weighted by atomic mass is 9.92. The van der Waals surface area contributed by atoms with Crippen LogP contribution in [-0.2, 0) is 24.3 Å². The number of aliphatic carboxylic acids is 1. The number of aromatic nitrogens is 4. The van der Waals surface area contributed by atoms with Crippen LogP contribution in [0.2, 0.25) is 0 Å². The predicted molar refractivity (Wildman–Crippen MR) is 204 cm³/mol. The number of anilines is 2. The summed E-state index contributed by atoms with van der Waals surface area (Å²) in [7, 11) is 0. The second-order valence-corrected chi connectivity index (χ2v) is 15.0. The van der Waals surface area contributed by atoms with Gasteiger partial charge in [-0.2, -0.15) is 5.26 Å². The highest BCUT2D eigenvalue weighted by atomic mass is 19.3. The Kier molecular flexibility index (Phi) is 9.15. The number of rotatable bonds is 9. The van der Waals surface area contributed by atoms with E-state index in [0.717, 1.165) is 51.2 Å². The lowest BCUT2D eigenvalue weighted by Crippen LogP contribution is -2.22. The molecule has 3 aromatic heterocycles. The average Bonchev–Trinajstić information content (AvgIpc) is 4.01. The lowest BCUT2D eigenvalue weighted by molar-refractivity contribution is -0.141. The zero-order valence-electron chi connectivity index (χ0n) is 30.6. The molecule has 2 atom stereocenters. The summed E-state index contributed by atoms with van der Waals surface area (Å²) in [6, 6.07) is 19.6. The maximum atomic E-state index is 14.2. The van der Waals surface area contributed by atoms with E-state index in [1.54, 1.807) is 18.3 Å². The van der Waals surface area contributed by atoms with Crippen LogP contribution in [0, 0.1) is 24.2 Å². The van der Waals surface area contributed by atoms with Gasteiger partial charge >= 0.3 is 5.97 Å². The number of halogens is 2. The number of carboxylic acids is 1. The van der Waals surface area contributed by atoms with Crippen molar-refractivity contribution < 1.29 is 28.2 Å². The van der Waals surface area contributed by atoms with Crippen molar-refractivity contribution in [2.45, 2.75) is 51.8 Å². The number of nitrogens with zero attached hydrogens (tertiary/aromatic N) is 8. The Morgan fingerprint density at radius 2 is 1.70 bits per heavy atom. The molecule has 284 valence electrons. The van der Waals surface area contributed by atoms with E-state index in [1.807, 2.05) is 48.2 Å². The molecule has 12 nitrogen and oxygen atoms in total. The van der Waals surface area contributed by atoms with Crippen molar-refractivity contribution in [2.24, 2.45) is 5.92 Å². The van der Waals surface area contributed by atoms with Crippen molar-refractivity contribution in [3.05, 3.63) is 94.4 Å². The van der Waals surface area contributed by atoms with Crippen LogP contribution in [0.4, 0.5) is 20.3 Å². The summed E-state index contributed by atoms with van der Waals surface area (Å²) in [5, 5.41) is 29.4. The zero-order valence-corrected chi connectivity index (χ0v) is 30.6. The normalized spacial score (nSPS) is 18.8. The Morgan fingerprint density at radius 1 is 0.946 bits per heavy atom. The molecule has 6 aromatic rings. The second-order valence-electron chi connectivity index (χ2n) is 15.0. The standard InChI is InChI=1S/C42H38F2N8O4/c1-23-29(4-2-5-30(23)41-48-34-15-24(14-27(17-45)37(34)56-41)19-50-11-8-26(21-50)42(54)55)31-6-3-7-35-32(31)10-13-52(35)40-36-33(47-39(49-40)38(43)44)16-25(18-46-36)20-51-12-9-28(53)22-51/h2-7,14-16,18,26,28,38,53H,8-13,19-22H2,1H3,(H,54,55)/t26-,28+/m0/s1. The molecule has 0 aliphatic carbocycles. The van der Waals surface area contributed by atoms with Crippen LogP contribution >= 0.6 is 0 Å². The van der Waals surface area contributed by atoms with Gasteiger partial charge in [-0.3, -0.25) is 19.6 Å². The topological polar surface area (TPSA) is 156 Å². The van der Waals surface area contributed by atoms with Gasteiger partial charge in [0, 0.05) is 56.7 Å². The molecule has 2 N–H and O–H groups in total. The molecule has 9 rings (SSSR count). The first-order chi connectivity index (χ1) is 27.1. The van der Waals surface area contributed by atoms with Gasteiger partial charge in [0.1, 0.15) is 17.1 Å². The van der Waals surface area contributed by atoms with Gasteiger partial charge < -0.3 is 19.5 Å². The molecule has 0 amide bonds. The number of aliphatic hydroxyl groups is 1. The number of benzene rings is 3. The molecule has 0 radical (unpaired) electrons. The van der Waals surface area contributed by atoms with Crippen molar-refractivity contribution in [2.75, 3.05) is 37.6 Å². The molecule has 6 heterocycles. The highest BCUT2D eigenvalue weighted by Gasteiger charge is 2.31. The largest absolute Gasteiger partial charge is 0.481 e. The van der Waals surface area contributed by atoms with Crippen molar-refractivity contribution >= 4 is 39.6 Å². The van der Waals surface area contributed by atoms with Crippen LogP contribution in [-0.4, -0.2) is 84.7 Å². The van der Waals surface area contributed by atoms with E-state index in [2.05, 4.69) is 31.9 Å². The van der Waals surface area contributed by atoms with Gasteiger partial charge in [0.05, 0.1) is 23.1 Å². The fourth-order valence-corrected chi connectivity index (χ4v) is 8.53. The number of nitriles is 1. The first-order valence-corrected chi connectivity index (χ1v) is 18.8.